The second kappa shape index (κ2) is 11.2. The number of aryl methyl sites for hydroxylation is 2. The van der Waals surface area contributed by atoms with Crippen LogP contribution in [0.4, 0.5) is 10.1 Å². The first-order valence-corrected chi connectivity index (χ1v) is 13.4. The second-order valence-corrected chi connectivity index (χ2v) is 11.7. The van der Waals surface area contributed by atoms with Crippen molar-refractivity contribution in [3.63, 3.8) is 0 Å². The van der Waals surface area contributed by atoms with Crippen LogP contribution in [-0.4, -0.2) is 49.5 Å². The number of rotatable bonds is 9. The number of nitrogens with zero attached hydrogens (tertiary/aromatic N) is 2. The number of halogens is 1. The molecule has 0 aliphatic heterocycles. The number of benzene rings is 2. The van der Waals surface area contributed by atoms with E-state index in [1.54, 1.807) is 45.0 Å². The quantitative estimate of drug-likeness (QED) is 0.560. The van der Waals surface area contributed by atoms with Crippen molar-refractivity contribution < 1.29 is 22.4 Å². The van der Waals surface area contributed by atoms with Crippen LogP contribution in [0.25, 0.3) is 0 Å². The van der Waals surface area contributed by atoms with E-state index in [4.69, 9.17) is 0 Å². The molecule has 0 saturated carbocycles. The van der Waals surface area contributed by atoms with E-state index in [1.165, 1.54) is 17.0 Å². The van der Waals surface area contributed by atoms with Crippen LogP contribution in [0.15, 0.2) is 42.5 Å². The molecule has 2 aromatic carbocycles. The topological polar surface area (TPSA) is 86.8 Å². The number of amides is 2. The SMILES string of the molecule is CC[C@@H](C(=O)NC(C)(C)C)N(Cc1ccc(F)cc1)C(=O)CN(c1c(C)cccc1C)S(C)(=O)=O. The molecule has 0 unspecified atom stereocenters. The van der Waals surface area contributed by atoms with Gasteiger partial charge in [-0.3, -0.25) is 13.9 Å². The summed E-state index contributed by atoms with van der Waals surface area (Å²) < 4.78 is 40.1. The average Bonchev–Trinajstić information content (AvgIpc) is 2.72. The van der Waals surface area contributed by atoms with Gasteiger partial charge in [0, 0.05) is 12.1 Å². The van der Waals surface area contributed by atoms with E-state index < -0.39 is 39.9 Å². The molecular formula is C26H36FN3O4S. The van der Waals surface area contributed by atoms with Crippen LogP contribution in [0, 0.1) is 19.7 Å². The molecule has 0 spiro atoms. The monoisotopic (exact) mass is 505 g/mol. The maximum Gasteiger partial charge on any atom is 0.244 e. The van der Waals surface area contributed by atoms with Crippen LogP contribution < -0.4 is 9.62 Å². The fourth-order valence-corrected chi connectivity index (χ4v) is 4.90. The van der Waals surface area contributed by atoms with Gasteiger partial charge in [0.2, 0.25) is 21.8 Å². The zero-order valence-electron chi connectivity index (χ0n) is 21.6. The third-order valence-corrected chi connectivity index (χ3v) is 6.63. The van der Waals surface area contributed by atoms with E-state index in [0.717, 1.165) is 10.6 Å². The predicted molar refractivity (Wildman–Crippen MR) is 137 cm³/mol. The lowest BCUT2D eigenvalue weighted by atomic mass is 10.1. The average molecular weight is 506 g/mol. The highest BCUT2D eigenvalue weighted by atomic mass is 32.2. The Hall–Kier alpha value is -2.94. The van der Waals surface area contributed by atoms with Crippen LogP contribution in [0.1, 0.15) is 50.8 Å². The second-order valence-electron chi connectivity index (χ2n) is 9.82. The van der Waals surface area contributed by atoms with Gasteiger partial charge in [0.1, 0.15) is 18.4 Å². The van der Waals surface area contributed by atoms with E-state index in [-0.39, 0.29) is 12.5 Å². The summed E-state index contributed by atoms with van der Waals surface area (Å²) in [6, 6.07) is 10.2. The first-order valence-electron chi connectivity index (χ1n) is 11.5. The molecule has 0 saturated heterocycles. The Bertz CT molecular complexity index is 1140. The Morgan fingerprint density at radius 3 is 2.03 bits per heavy atom. The molecular weight excluding hydrogens is 469 g/mol. The lowest BCUT2D eigenvalue weighted by molar-refractivity contribution is -0.141. The maximum atomic E-state index is 13.7. The van der Waals surface area contributed by atoms with Gasteiger partial charge in [-0.05, 0) is 69.9 Å². The Balaban J connectivity index is 2.51. The highest BCUT2D eigenvalue weighted by Crippen LogP contribution is 2.27. The molecule has 9 heteroatoms. The lowest BCUT2D eigenvalue weighted by Crippen LogP contribution is -2.55. The maximum absolute atomic E-state index is 13.7. The number of carbonyl (C=O) groups is 2. The molecule has 0 radical (unpaired) electrons. The zero-order valence-corrected chi connectivity index (χ0v) is 22.4. The smallest absolute Gasteiger partial charge is 0.244 e. The van der Waals surface area contributed by atoms with Crippen LogP contribution in [0.5, 0.6) is 0 Å². The molecule has 0 heterocycles. The number of sulfonamides is 1. The normalized spacial score (nSPS) is 12.7. The van der Waals surface area contributed by atoms with Gasteiger partial charge in [0.25, 0.3) is 0 Å². The van der Waals surface area contributed by atoms with Crippen molar-refractivity contribution in [3.8, 4) is 0 Å². The van der Waals surface area contributed by atoms with Crippen molar-refractivity contribution in [2.75, 3.05) is 17.1 Å². The molecule has 0 aliphatic carbocycles. The summed E-state index contributed by atoms with van der Waals surface area (Å²) in [4.78, 5) is 28.2. The number of hydrogen-bond donors (Lipinski definition) is 1. The summed E-state index contributed by atoms with van der Waals surface area (Å²) in [5.74, 6) is -1.28. The van der Waals surface area contributed by atoms with Gasteiger partial charge in [-0.15, -0.1) is 0 Å². The Labute approximate surface area is 208 Å². The molecule has 1 atom stereocenters. The Kier molecular flexibility index (Phi) is 9.06. The van der Waals surface area contributed by atoms with Crippen molar-refractivity contribution in [2.24, 2.45) is 0 Å². The number of hydrogen-bond acceptors (Lipinski definition) is 4. The summed E-state index contributed by atoms with van der Waals surface area (Å²) in [5, 5.41) is 2.91. The van der Waals surface area contributed by atoms with E-state index >= 15 is 0 Å². The van der Waals surface area contributed by atoms with Gasteiger partial charge < -0.3 is 10.2 Å². The van der Waals surface area contributed by atoms with Crippen molar-refractivity contribution in [1.29, 1.82) is 0 Å². The molecule has 0 bridgehead atoms. The van der Waals surface area contributed by atoms with E-state index in [9.17, 15) is 22.4 Å². The van der Waals surface area contributed by atoms with Crippen LogP contribution in [-0.2, 0) is 26.2 Å². The van der Waals surface area contributed by atoms with Gasteiger partial charge in [-0.1, -0.05) is 37.3 Å². The molecule has 35 heavy (non-hydrogen) atoms. The van der Waals surface area contributed by atoms with Crippen molar-refractivity contribution in [3.05, 3.63) is 65.0 Å². The minimum atomic E-state index is -3.82. The molecule has 0 aliphatic rings. The molecule has 0 fully saturated rings. The van der Waals surface area contributed by atoms with E-state index in [0.29, 0.717) is 28.8 Å². The van der Waals surface area contributed by atoms with Crippen molar-refractivity contribution in [2.45, 2.75) is 66.1 Å². The summed E-state index contributed by atoms with van der Waals surface area (Å²) in [6.45, 7) is 10.4. The Morgan fingerprint density at radius 2 is 1.57 bits per heavy atom. The van der Waals surface area contributed by atoms with Crippen LogP contribution >= 0.6 is 0 Å². The molecule has 2 aromatic rings. The van der Waals surface area contributed by atoms with Gasteiger partial charge in [0.05, 0.1) is 11.9 Å². The first kappa shape index (κ1) is 28.3. The number of para-hydroxylation sites is 1. The highest BCUT2D eigenvalue weighted by Gasteiger charge is 2.33. The van der Waals surface area contributed by atoms with E-state index in [2.05, 4.69) is 5.32 Å². The third kappa shape index (κ3) is 7.78. The number of nitrogens with one attached hydrogen (secondary N) is 1. The van der Waals surface area contributed by atoms with Crippen LogP contribution in [0.2, 0.25) is 0 Å². The fourth-order valence-electron chi connectivity index (χ4n) is 3.93. The first-order chi connectivity index (χ1) is 16.1. The van der Waals surface area contributed by atoms with Gasteiger partial charge >= 0.3 is 0 Å². The summed E-state index contributed by atoms with van der Waals surface area (Å²) in [5.41, 5.74) is 1.97. The molecule has 7 nitrogen and oxygen atoms in total. The number of anilines is 1. The Morgan fingerprint density at radius 1 is 1.03 bits per heavy atom. The van der Waals surface area contributed by atoms with Gasteiger partial charge in [-0.25, -0.2) is 12.8 Å². The molecule has 2 rings (SSSR count). The van der Waals surface area contributed by atoms with E-state index in [1.807, 2.05) is 26.8 Å². The number of carbonyl (C=O) groups excluding carboxylic acids is 2. The minimum absolute atomic E-state index is 0.0273. The standard InChI is InChI=1S/C26H36FN3O4S/c1-8-22(25(32)28-26(4,5)6)29(16-20-12-14-21(27)15-13-20)23(31)17-30(35(7,33)34)24-18(2)10-9-11-19(24)3/h9-15,22H,8,16-17H2,1-7H3,(H,28,32)/t22-/m0/s1. The summed E-state index contributed by atoms with van der Waals surface area (Å²) >= 11 is 0. The predicted octanol–water partition coefficient (Wildman–Crippen LogP) is 3.93. The molecule has 2 amide bonds. The largest absolute Gasteiger partial charge is 0.350 e. The zero-order chi connectivity index (χ0) is 26.6. The lowest BCUT2D eigenvalue weighted by Gasteiger charge is -2.35. The van der Waals surface area contributed by atoms with Gasteiger partial charge in [-0.2, -0.15) is 0 Å². The van der Waals surface area contributed by atoms with Crippen molar-refractivity contribution in [1.82, 2.24) is 10.2 Å². The van der Waals surface area contributed by atoms with Gasteiger partial charge in [0.15, 0.2) is 0 Å². The minimum Gasteiger partial charge on any atom is -0.350 e. The summed E-state index contributed by atoms with van der Waals surface area (Å²) in [7, 11) is -3.82. The third-order valence-electron chi connectivity index (χ3n) is 5.52. The fraction of sp³-hybridized carbons (Fsp3) is 0.462. The van der Waals surface area contributed by atoms with Crippen molar-refractivity contribution >= 4 is 27.5 Å². The highest BCUT2D eigenvalue weighted by molar-refractivity contribution is 7.92. The van der Waals surface area contributed by atoms with Crippen LogP contribution in [0.3, 0.4) is 0 Å². The molecule has 0 aromatic heterocycles. The molecule has 1 N–H and O–H groups in total. The molecule has 192 valence electrons. The summed E-state index contributed by atoms with van der Waals surface area (Å²) in [6.07, 6.45) is 1.37.